The summed E-state index contributed by atoms with van der Waals surface area (Å²) in [5.41, 5.74) is 2.47. The lowest BCUT2D eigenvalue weighted by Crippen LogP contribution is -2.53. The molecular formula is C16H16N2O3. The number of hydrogen-bond donors (Lipinski definition) is 1. The van der Waals surface area contributed by atoms with Crippen LogP contribution in [0.3, 0.4) is 0 Å². The van der Waals surface area contributed by atoms with Gasteiger partial charge >= 0.3 is 0 Å². The maximum absolute atomic E-state index is 12.2. The van der Waals surface area contributed by atoms with Crippen LogP contribution < -0.4 is 4.74 Å². The number of β-amino-alcohol motifs (C(OH)–C–C–N with tert-alkyl or cyclic N) is 1. The normalized spacial score (nSPS) is 14.7. The minimum atomic E-state index is -0.386. The molecule has 2 heterocycles. The van der Waals surface area contributed by atoms with Crippen LogP contribution in [0.1, 0.15) is 10.4 Å². The molecule has 2 aromatic rings. The molecule has 108 valence electrons. The lowest BCUT2D eigenvalue weighted by atomic mass is 10.0. The number of pyridine rings is 1. The minimum Gasteiger partial charge on any atom is -0.481 e. The smallest absolute Gasteiger partial charge is 0.254 e. The summed E-state index contributed by atoms with van der Waals surface area (Å²) in [5.74, 6) is 0.504. The number of aliphatic hydroxyl groups is 1. The van der Waals surface area contributed by atoms with Crippen molar-refractivity contribution in [3.8, 4) is 17.0 Å². The van der Waals surface area contributed by atoms with Gasteiger partial charge in [0.15, 0.2) is 0 Å². The maximum Gasteiger partial charge on any atom is 0.254 e. The number of carbonyl (C=O) groups excluding carboxylic acids is 1. The number of methoxy groups -OCH3 is 1. The first-order valence-corrected chi connectivity index (χ1v) is 6.75. The van der Waals surface area contributed by atoms with E-state index in [4.69, 9.17) is 4.74 Å². The molecule has 1 fully saturated rings. The summed E-state index contributed by atoms with van der Waals surface area (Å²) in [4.78, 5) is 18.0. The molecule has 0 aliphatic carbocycles. The molecule has 0 spiro atoms. The summed E-state index contributed by atoms with van der Waals surface area (Å²) in [5, 5.41) is 9.28. The van der Waals surface area contributed by atoms with Gasteiger partial charge in [0.05, 0.1) is 13.2 Å². The summed E-state index contributed by atoms with van der Waals surface area (Å²) >= 11 is 0. The van der Waals surface area contributed by atoms with Crippen LogP contribution in [0.4, 0.5) is 0 Å². The molecule has 21 heavy (non-hydrogen) atoms. The van der Waals surface area contributed by atoms with Crippen LogP contribution in [-0.4, -0.2) is 47.2 Å². The van der Waals surface area contributed by atoms with Gasteiger partial charge in [0.1, 0.15) is 0 Å². The number of rotatable bonds is 3. The summed E-state index contributed by atoms with van der Waals surface area (Å²) in [6.07, 6.45) is 1.33. The van der Waals surface area contributed by atoms with Crippen LogP contribution in [0, 0.1) is 0 Å². The van der Waals surface area contributed by atoms with Crippen molar-refractivity contribution in [2.45, 2.75) is 6.10 Å². The van der Waals surface area contributed by atoms with Gasteiger partial charge in [0.2, 0.25) is 5.88 Å². The molecule has 1 N–H and O–H groups in total. The Morgan fingerprint density at radius 1 is 1.29 bits per heavy atom. The van der Waals surface area contributed by atoms with Gasteiger partial charge in [-0.05, 0) is 23.8 Å². The second-order valence-electron chi connectivity index (χ2n) is 5.03. The number of aliphatic hydroxyl groups excluding tert-OH is 1. The number of benzene rings is 1. The van der Waals surface area contributed by atoms with Crippen molar-refractivity contribution in [3.05, 3.63) is 48.2 Å². The van der Waals surface area contributed by atoms with Gasteiger partial charge < -0.3 is 14.7 Å². The van der Waals surface area contributed by atoms with Gasteiger partial charge in [0, 0.05) is 36.5 Å². The Balaban J connectivity index is 1.83. The van der Waals surface area contributed by atoms with Crippen molar-refractivity contribution >= 4 is 5.91 Å². The molecule has 1 aliphatic rings. The number of amides is 1. The number of hydrogen-bond acceptors (Lipinski definition) is 4. The van der Waals surface area contributed by atoms with Crippen molar-refractivity contribution in [2.24, 2.45) is 0 Å². The topological polar surface area (TPSA) is 62.7 Å². The predicted molar refractivity (Wildman–Crippen MR) is 78.1 cm³/mol. The van der Waals surface area contributed by atoms with E-state index in [1.54, 1.807) is 30.3 Å². The monoisotopic (exact) mass is 284 g/mol. The number of carbonyl (C=O) groups is 1. The second-order valence-corrected chi connectivity index (χ2v) is 5.03. The number of likely N-dealkylation sites (tertiary alicyclic amines) is 1. The summed E-state index contributed by atoms with van der Waals surface area (Å²) in [6.45, 7) is 0.820. The average molecular weight is 284 g/mol. The molecule has 1 aromatic carbocycles. The van der Waals surface area contributed by atoms with Crippen molar-refractivity contribution in [2.75, 3.05) is 20.2 Å². The van der Waals surface area contributed by atoms with E-state index >= 15 is 0 Å². The number of nitrogens with zero attached hydrogens (tertiary/aromatic N) is 2. The molecular weight excluding hydrogens is 268 g/mol. The van der Waals surface area contributed by atoms with E-state index in [0.717, 1.165) is 11.1 Å². The van der Waals surface area contributed by atoms with E-state index < -0.39 is 0 Å². The van der Waals surface area contributed by atoms with E-state index in [1.165, 1.54) is 0 Å². The molecule has 0 saturated carbocycles. The number of ether oxygens (including phenoxy) is 1. The largest absolute Gasteiger partial charge is 0.481 e. The third kappa shape index (κ3) is 2.73. The molecule has 5 heteroatoms. The maximum atomic E-state index is 12.2. The van der Waals surface area contributed by atoms with E-state index in [9.17, 15) is 9.90 Å². The van der Waals surface area contributed by atoms with Crippen LogP contribution in [0.2, 0.25) is 0 Å². The summed E-state index contributed by atoms with van der Waals surface area (Å²) in [7, 11) is 1.57. The Kier molecular flexibility index (Phi) is 3.58. The first-order valence-electron chi connectivity index (χ1n) is 6.75. The Hall–Kier alpha value is -2.40. The van der Waals surface area contributed by atoms with Gasteiger partial charge in [-0.25, -0.2) is 4.98 Å². The molecule has 0 atom stereocenters. The van der Waals surface area contributed by atoms with Crippen LogP contribution in [0.25, 0.3) is 11.1 Å². The third-order valence-corrected chi connectivity index (χ3v) is 3.54. The highest BCUT2D eigenvalue weighted by Gasteiger charge is 2.29. The van der Waals surface area contributed by atoms with E-state index in [-0.39, 0.29) is 12.0 Å². The standard InChI is InChI=1S/C16H16N2O3/c1-21-15-6-5-13(8-17-15)11-3-2-4-12(7-11)16(20)18-9-14(19)10-18/h2-8,14,19H,9-10H2,1H3. The first-order chi connectivity index (χ1) is 10.2. The van der Waals surface area contributed by atoms with Gasteiger partial charge in [-0.3, -0.25) is 4.79 Å². The first kappa shape index (κ1) is 13.6. The molecule has 1 saturated heterocycles. The summed E-state index contributed by atoms with van der Waals surface area (Å²) < 4.78 is 5.04. The van der Waals surface area contributed by atoms with Crippen LogP contribution in [0.5, 0.6) is 5.88 Å². The molecule has 3 rings (SSSR count). The molecule has 1 aliphatic heterocycles. The fourth-order valence-corrected chi connectivity index (χ4v) is 2.31. The van der Waals surface area contributed by atoms with Gasteiger partial charge in [-0.15, -0.1) is 0 Å². The van der Waals surface area contributed by atoms with Gasteiger partial charge in [-0.1, -0.05) is 12.1 Å². The van der Waals surface area contributed by atoms with Crippen LogP contribution >= 0.6 is 0 Å². The van der Waals surface area contributed by atoms with E-state index in [0.29, 0.717) is 24.5 Å². The lowest BCUT2D eigenvalue weighted by molar-refractivity contribution is 0.00590. The molecule has 1 aromatic heterocycles. The molecule has 0 bridgehead atoms. The zero-order valence-corrected chi connectivity index (χ0v) is 11.7. The Morgan fingerprint density at radius 2 is 2.10 bits per heavy atom. The van der Waals surface area contributed by atoms with Crippen molar-refractivity contribution in [1.29, 1.82) is 0 Å². The highest BCUT2D eigenvalue weighted by Crippen LogP contribution is 2.23. The highest BCUT2D eigenvalue weighted by molar-refractivity contribution is 5.96. The second kappa shape index (κ2) is 5.54. The number of aromatic nitrogens is 1. The Labute approximate surface area is 122 Å². The molecule has 0 unspecified atom stereocenters. The van der Waals surface area contributed by atoms with E-state index in [2.05, 4.69) is 4.98 Å². The molecule has 0 radical (unpaired) electrons. The Morgan fingerprint density at radius 3 is 2.71 bits per heavy atom. The third-order valence-electron chi connectivity index (χ3n) is 3.54. The van der Waals surface area contributed by atoms with Gasteiger partial charge in [-0.2, -0.15) is 0 Å². The van der Waals surface area contributed by atoms with E-state index in [1.807, 2.05) is 24.3 Å². The quantitative estimate of drug-likeness (QED) is 0.929. The fraction of sp³-hybridized carbons (Fsp3) is 0.250. The summed E-state index contributed by atoms with van der Waals surface area (Å²) in [6, 6.07) is 11.1. The van der Waals surface area contributed by atoms with Crippen LogP contribution in [-0.2, 0) is 0 Å². The lowest BCUT2D eigenvalue weighted by Gasteiger charge is -2.35. The zero-order chi connectivity index (χ0) is 14.8. The minimum absolute atomic E-state index is 0.0522. The molecule has 1 amide bonds. The highest BCUT2D eigenvalue weighted by atomic mass is 16.5. The molecule has 5 nitrogen and oxygen atoms in total. The van der Waals surface area contributed by atoms with Crippen molar-refractivity contribution < 1.29 is 14.6 Å². The average Bonchev–Trinajstić information content (AvgIpc) is 2.51. The van der Waals surface area contributed by atoms with Crippen molar-refractivity contribution in [1.82, 2.24) is 9.88 Å². The van der Waals surface area contributed by atoms with Gasteiger partial charge in [0.25, 0.3) is 5.91 Å². The zero-order valence-electron chi connectivity index (χ0n) is 11.7. The van der Waals surface area contributed by atoms with Crippen LogP contribution in [0.15, 0.2) is 42.6 Å². The van der Waals surface area contributed by atoms with Crippen molar-refractivity contribution in [3.63, 3.8) is 0 Å². The predicted octanol–water partition coefficient (Wildman–Crippen LogP) is 1.57. The Bertz CT molecular complexity index is 649. The fourth-order valence-electron chi connectivity index (χ4n) is 2.31. The SMILES string of the molecule is COc1ccc(-c2cccc(C(=O)N3CC(O)C3)c2)cn1.